The summed E-state index contributed by atoms with van der Waals surface area (Å²) in [5.74, 6) is 0.574. The van der Waals surface area contributed by atoms with Gasteiger partial charge in [-0.2, -0.15) is 4.68 Å². The largest absolute Gasteiger partial charge is 0.309 e. The Balaban J connectivity index is 1.47. The summed E-state index contributed by atoms with van der Waals surface area (Å²) < 4.78 is 1.61. The minimum absolute atomic E-state index is 0.151. The van der Waals surface area contributed by atoms with Crippen LogP contribution >= 0.6 is 34.7 Å². The number of nitrogens with zero attached hydrogens (tertiary/aromatic N) is 5. The van der Waals surface area contributed by atoms with E-state index < -0.39 is 0 Å². The first kappa shape index (κ1) is 19.9. The van der Waals surface area contributed by atoms with Crippen molar-refractivity contribution < 1.29 is 0 Å². The minimum atomic E-state index is -0.177. The van der Waals surface area contributed by atoms with Crippen LogP contribution in [0.5, 0.6) is 0 Å². The second-order valence-corrected chi connectivity index (χ2v) is 9.36. The van der Waals surface area contributed by atoms with Crippen molar-refractivity contribution in [3.8, 4) is 16.8 Å². The quantitative estimate of drug-likeness (QED) is 0.361. The number of tetrazole rings is 1. The lowest BCUT2D eigenvalue weighted by molar-refractivity contribution is 0.754. The molecule has 1 unspecified atom stereocenters. The lowest BCUT2D eigenvalue weighted by Crippen LogP contribution is -2.12. The van der Waals surface area contributed by atoms with Crippen molar-refractivity contribution in [3.05, 3.63) is 81.2 Å². The van der Waals surface area contributed by atoms with Gasteiger partial charge in [0.05, 0.1) is 16.3 Å². The molecule has 0 radical (unpaired) electrons. The number of rotatable bonds is 5. The van der Waals surface area contributed by atoms with Crippen molar-refractivity contribution in [2.24, 2.45) is 0 Å². The summed E-state index contributed by atoms with van der Waals surface area (Å²) in [5, 5.41) is 15.6. The van der Waals surface area contributed by atoms with Crippen LogP contribution in [0.2, 0.25) is 5.02 Å². The Morgan fingerprint density at radius 2 is 2.00 bits per heavy atom. The molecule has 0 aliphatic heterocycles. The standard InChI is InChI=1S/C21H15ClN6OS2/c1-12(31-21-25-26-27-28(21)15-9-5-8-14(22)10-15)18-23-19(29)17-16(11-30-20(17)24-18)13-6-3-2-4-7-13/h2-12H,1H3,(H,23,24,29). The number of thioether (sulfide) groups is 1. The van der Waals surface area contributed by atoms with Gasteiger partial charge >= 0.3 is 0 Å². The fraction of sp³-hybridized carbons (Fsp3) is 0.0952. The van der Waals surface area contributed by atoms with Crippen LogP contribution in [0, 0.1) is 0 Å². The fourth-order valence-corrected chi connectivity index (χ4v) is 5.23. The third-order valence-corrected chi connectivity index (χ3v) is 6.86. The minimum Gasteiger partial charge on any atom is -0.309 e. The van der Waals surface area contributed by atoms with Gasteiger partial charge in [0.1, 0.15) is 10.7 Å². The van der Waals surface area contributed by atoms with Crippen LogP contribution in [-0.2, 0) is 0 Å². The van der Waals surface area contributed by atoms with E-state index in [1.165, 1.54) is 23.1 Å². The smallest absolute Gasteiger partial charge is 0.260 e. The van der Waals surface area contributed by atoms with Crippen LogP contribution in [0.15, 0.2) is 69.9 Å². The third kappa shape index (κ3) is 3.87. The lowest BCUT2D eigenvalue weighted by atomic mass is 10.1. The molecule has 5 rings (SSSR count). The van der Waals surface area contributed by atoms with Gasteiger partial charge in [-0.3, -0.25) is 4.79 Å². The van der Waals surface area contributed by atoms with E-state index in [1.807, 2.05) is 54.8 Å². The monoisotopic (exact) mass is 466 g/mol. The average Bonchev–Trinajstić information content (AvgIpc) is 3.41. The normalized spacial score (nSPS) is 12.3. The molecule has 0 spiro atoms. The number of aromatic amines is 1. The molecule has 0 saturated carbocycles. The molecule has 0 amide bonds. The molecule has 1 atom stereocenters. The molecule has 154 valence electrons. The Morgan fingerprint density at radius 3 is 2.81 bits per heavy atom. The van der Waals surface area contributed by atoms with Gasteiger partial charge in [0.25, 0.3) is 5.56 Å². The molecular weight excluding hydrogens is 452 g/mol. The number of nitrogens with one attached hydrogen (secondary N) is 1. The van der Waals surface area contributed by atoms with Crippen LogP contribution in [0.4, 0.5) is 0 Å². The van der Waals surface area contributed by atoms with E-state index in [0.29, 0.717) is 26.2 Å². The zero-order valence-electron chi connectivity index (χ0n) is 16.2. The Kier molecular flexibility index (Phi) is 5.31. The topological polar surface area (TPSA) is 89.3 Å². The van der Waals surface area contributed by atoms with Gasteiger partial charge in [0.2, 0.25) is 5.16 Å². The number of hydrogen-bond donors (Lipinski definition) is 1. The molecule has 3 heterocycles. The molecule has 2 aromatic carbocycles. The SMILES string of the molecule is CC(Sc1nnnn1-c1cccc(Cl)c1)c1nc2scc(-c3ccccc3)c2c(=O)[nH]1. The van der Waals surface area contributed by atoms with Crippen molar-refractivity contribution in [1.82, 2.24) is 30.2 Å². The molecule has 0 aliphatic carbocycles. The van der Waals surface area contributed by atoms with Gasteiger partial charge < -0.3 is 4.98 Å². The van der Waals surface area contributed by atoms with E-state index in [1.54, 1.807) is 16.8 Å². The maximum Gasteiger partial charge on any atom is 0.260 e. The van der Waals surface area contributed by atoms with Crippen molar-refractivity contribution >= 4 is 44.9 Å². The highest BCUT2D eigenvalue weighted by atomic mass is 35.5. The Bertz CT molecular complexity index is 1430. The van der Waals surface area contributed by atoms with Crippen LogP contribution < -0.4 is 5.56 Å². The number of halogens is 1. The number of benzene rings is 2. The Hall–Kier alpha value is -3.01. The zero-order valence-corrected chi connectivity index (χ0v) is 18.6. The third-order valence-electron chi connectivity index (χ3n) is 4.71. The molecule has 10 heteroatoms. The van der Waals surface area contributed by atoms with Gasteiger partial charge in [-0.1, -0.05) is 59.8 Å². The number of H-pyrrole nitrogens is 1. The number of thiophene rings is 1. The second kappa shape index (κ2) is 8.26. The second-order valence-electron chi connectivity index (χ2n) is 6.76. The molecule has 5 aromatic rings. The molecule has 0 fully saturated rings. The average molecular weight is 467 g/mol. The zero-order chi connectivity index (χ0) is 21.4. The van der Waals surface area contributed by atoms with Crippen LogP contribution in [0.1, 0.15) is 18.0 Å². The Labute approximate surface area is 190 Å². The summed E-state index contributed by atoms with van der Waals surface area (Å²) in [7, 11) is 0. The van der Waals surface area contributed by atoms with Crippen molar-refractivity contribution in [2.45, 2.75) is 17.3 Å². The van der Waals surface area contributed by atoms with Crippen molar-refractivity contribution in [3.63, 3.8) is 0 Å². The summed E-state index contributed by atoms with van der Waals surface area (Å²) in [4.78, 5) is 21.3. The Morgan fingerprint density at radius 1 is 1.16 bits per heavy atom. The predicted molar refractivity (Wildman–Crippen MR) is 124 cm³/mol. The first-order valence-corrected chi connectivity index (χ1v) is 11.5. The molecule has 7 nitrogen and oxygen atoms in total. The first-order valence-electron chi connectivity index (χ1n) is 9.38. The first-order chi connectivity index (χ1) is 15.1. The predicted octanol–water partition coefficient (Wildman–Crippen LogP) is 5.13. The number of fused-ring (bicyclic) bond motifs is 1. The van der Waals surface area contributed by atoms with Gasteiger partial charge in [-0.15, -0.1) is 16.4 Å². The summed E-state index contributed by atoms with van der Waals surface area (Å²) >= 11 is 8.97. The van der Waals surface area contributed by atoms with Gasteiger partial charge in [-0.25, -0.2) is 4.98 Å². The van der Waals surface area contributed by atoms with Crippen LogP contribution in [-0.4, -0.2) is 30.2 Å². The van der Waals surface area contributed by atoms with Gasteiger partial charge in [-0.05, 0) is 41.1 Å². The lowest BCUT2D eigenvalue weighted by Gasteiger charge is -2.10. The molecule has 1 N–H and O–H groups in total. The summed E-state index contributed by atoms with van der Waals surface area (Å²) in [6, 6.07) is 17.1. The molecule has 0 bridgehead atoms. The van der Waals surface area contributed by atoms with E-state index in [4.69, 9.17) is 16.6 Å². The number of hydrogen-bond acceptors (Lipinski definition) is 7. The highest BCUT2D eigenvalue weighted by Crippen LogP contribution is 2.35. The molecule has 3 aromatic heterocycles. The number of aromatic nitrogens is 6. The van der Waals surface area contributed by atoms with E-state index in [-0.39, 0.29) is 10.8 Å². The van der Waals surface area contributed by atoms with Crippen LogP contribution in [0.25, 0.3) is 27.0 Å². The van der Waals surface area contributed by atoms with Crippen molar-refractivity contribution in [2.75, 3.05) is 0 Å². The molecule has 0 saturated heterocycles. The van der Waals surface area contributed by atoms with Gasteiger partial charge in [0.15, 0.2) is 0 Å². The highest BCUT2D eigenvalue weighted by molar-refractivity contribution is 7.99. The van der Waals surface area contributed by atoms with Crippen molar-refractivity contribution in [1.29, 1.82) is 0 Å². The van der Waals surface area contributed by atoms with E-state index in [2.05, 4.69) is 20.5 Å². The fourth-order valence-electron chi connectivity index (χ4n) is 3.22. The molecule has 31 heavy (non-hydrogen) atoms. The molecule has 0 aliphatic rings. The maximum absolute atomic E-state index is 12.9. The maximum atomic E-state index is 12.9. The molecular formula is C21H15ClN6OS2. The van der Waals surface area contributed by atoms with Crippen LogP contribution in [0.3, 0.4) is 0 Å². The highest BCUT2D eigenvalue weighted by Gasteiger charge is 2.19. The van der Waals surface area contributed by atoms with E-state index >= 15 is 0 Å². The summed E-state index contributed by atoms with van der Waals surface area (Å²) in [5.41, 5.74) is 2.50. The van der Waals surface area contributed by atoms with E-state index in [0.717, 1.165) is 16.8 Å². The van der Waals surface area contributed by atoms with Gasteiger partial charge in [0, 0.05) is 16.0 Å². The summed E-state index contributed by atoms with van der Waals surface area (Å²) in [6.07, 6.45) is 0. The van der Waals surface area contributed by atoms with E-state index in [9.17, 15) is 4.79 Å². The summed E-state index contributed by atoms with van der Waals surface area (Å²) in [6.45, 7) is 1.96.